The van der Waals surface area contributed by atoms with Crippen LogP contribution in [0.5, 0.6) is 5.75 Å². The Morgan fingerprint density at radius 1 is 1.43 bits per heavy atom. The summed E-state index contributed by atoms with van der Waals surface area (Å²) < 4.78 is 42.2. The molecule has 0 saturated carbocycles. The lowest BCUT2D eigenvalue weighted by Crippen LogP contribution is -2.31. The molecule has 0 aliphatic rings. The molecule has 0 aliphatic carbocycles. The van der Waals surface area contributed by atoms with Crippen molar-refractivity contribution >= 4 is 11.6 Å². The van der Waals surface area contributed by atoms with Crippen molar-refractivity contribution in [1.82, 2.24) is 5.32 Å². The first-order valence-corrected chi connectivity index (χ1v) is 5.61. The molecular formula is C11H11F3N2O5. The van der Waals surface area contributed by atoms with Gasteiger partial charge >= 0.3 is 11.9 Å². The van der Waals surface area contributed by atoms with Gasteiger partial charge in [-0.1, -0.05) is 0 Å². The Morgan fingerprint density at radius 3 is 2.62 bits per heavy atom. The average molecular weight is 308 g/mol. The van der Waals surface area contributed by atoms with E-state index in [4.69, 9.17) is 9.84 Å². The Kier molecular flexibility index (Phi) is 5.47. The van der Waals surface area contributed by atoms with Crippen molar-refractivity contribution in [3.8, 4) is 5.75 Å². The van der Waals surface area contributed by atoms with Gasteiger partial charge in [-0.2, -0.15) is 13.2 Å². The summed E-state index contributed by atoms with van der Waals surface area (Å²) in [7, 11) is 0. The molecule has 1 rings (SSSR count). The molecule has 0 unspecified atom stereocenters. The molecule has 0 spiro atoms. The zero-order valence-electron chi connectivity index (χ0n) is 10.5. The fourth-order valence-electron chi connectivity index (χ4n) is 1.35. The molecule has 0 aromatic heterocycles. The first kappa shape index (κ1) is 16.7. The third-order valence-corrected chi connectivity index (χ3v) is 2.28. The third kappa shape index (κ3) is 4.91. The van der Waals surface area contributed by atoms with Crippen molar-refractivity contribution in [2.45, 2.75) is 6.18 Å². The Bertz CT molecular complexity index is 533. The van der Waals surface area contributed by atoms with E-state index in [0.717, 1.165) is 6.07 Å². The summed E-state index contributed by atoms with van der Waals surface area (Å²) >= 11 is 0. The number of aliphatic hydroxyl groups excluding tert-OH is 1. The largest absolute Gasteiger partial charge is 0.477 e. The van der Waals surface area contributed by atoms with E-state index in [1.54, 1.807) is 0 Å². The van der Waals surface area contributed by atoms with Crippen LogP contribution in [0.1, 0.15) is 5.56 Å². The van der Waals surface area contributed by atoms with E-state index >= 15 is 0 Å². The second-order valence-electron chi connectivity index (χ2n) is 3.80. The maximum absolute atomic E-state index is 12.5. The van der Waals surface area contributed by atoms with Gasteiger partial charge in [-0.05, 0) is 12.1 Å². The van der Waals surface area contributed by atoms with Gasteiger partial charge in [0.1, 0.15) is 0 Å². The monoisotopic (exact) mass is 308 g/mol. The number of carbonyl (C=O) groups excluding carboxylic acids is 1. The molecule has 0 aliphatic heterocycles. The van der Waals surface area contributed by atoms with Crippen LogP contribution in [0.3, 0.4) is 0 Å². The number of amides is 1. The van der Waals surface area contributed by atoms with Gasteiger partial charge in [0.05, 0.1) is 17.1 Å². The van der Waals surface area contributed by atoms with Gasteiger partial charge in [0, 0.05) is 12.6 Å². The number of nitro groups is 1. The van der Waals surface area contributed by atoms with Crippen LogP contribution in [0.4, 0.5) is 18.9 Å². The number of hydrogen-bond acceptors (Lipinski definition) is 5. The Labute approximate surface area is 116 Å². The quantitative estimate of drug-likeness (QED) is 0.605. The van der Waals surface area contributed by atoms with Crippen LogP contribution in [0.2, 0.25) is 0 Å². The van der Waals surface area contributed by atoms with Gasteiger partial charge in [0.2, 0.25) is 0 Å². The lowest BCUT2D eigenvalue weighted by Gasteiger charge is -2.10. The molecule has 1 aromatic carbocycles. The van der Waals surface area contributed by atoms with Crippen molar-refractivity contribution < 1.29 is 32.7 Å². The van der Waals surface area contributed by atoms with E-state index in [2.05, 4.69) is 5.32 Å². The summed E-state index contributed by atoms with van der Waals surface area (Å²) in [6.45, 7) is -0.949. The molecule has 0 fully saturated rings. The third-order valence-electron chi connectivity index (χ3n) is 2.28. The van der Waals surface area contributed by atoms with E-state index < -0.39 is 40.6 Å². The number of rotatable bonds is 6. The van der Waals surface area contributed by atoms with Crippen LogP contribution in [-0.4, -0.2) is 35.7 Å². The number of nitrogens with one attached hydrogen (secondary N) is 1. The normalized spacial score (nSPS) is 11.0. The van der Waals surface area contributed by atoms with Crippen molar-refractivity contribution in [3.05, 3.63) is 33.9 Å². The summed E-state index contributed by atoms with van der Waals surface area (Å²) in [5.41, 5.74) is -2.08. The van der Waals surface area contributed by atoms with E-state index in [0.29, 0.717) is 12.1 Å². The highest BCUT2D eigenvalue weighted by molar-refractivity contribution is 5.77. The molecule has 0 atom stereocenters. The van der Waals surface area contributed by atoms with Crippen LogP contribution in [0.15, 0.2) is 18.2 Å². The summed E-state index contributed by atoms with van der Waals surface area (Å²) in [5.74, 6) is -1.12. The van der Waals surface area contributed by atoms with Crippen LogP contribution >= 0.6 is 0 Å². The second kappa shape index (κ2) is 6.88. The van der Waals surface area contributed by atoms with Crippen molar-refractivity contribution in [2.24, 2.45) is 0 Å². The van der Waals surface area contributed by atoms with E-state index in [1.807, 2.05) is 0 Å². The molecule has 1 amide bonds. The van der Waals surface area contributed by atoms with E-state index in [9.17, 15) is 28.1 Å². The number of aliphatic hydroxyl groups is 1. The highest BCUT2D eigenvalue weighted by Gasteiger charge is 2.33. The van der Waals surface area contributed by atoms with Gasteiger partial charge < -0.3 is 15.2 Å². The van der Waals surface area contributed by atoms with Gasteiger partial charge in [0.15, 0.2) is 12.4 Å². The topological polar surface area (TPSA) is 102 Å². The minimum absolute atomic E-state index is 0.0305. The Hall–Kier alpha value is -2.36. The van der Waals surface area contributed by atoms with E-state index in [-0.39, 0.29) is 13.2 Å². The maximum atomic E-state index is 12.5. The fraction of sp³-hybridized carbons (Fsp3) is 0.364. The van der Waals surface area contributed by atoms with Crippen LogP contribution < -0.4 is 10.1 Å². The zero-order valence-corrected chi connectivity index (χ0v) is 10.5. The van der Waals surface area contributed by atoms with Gasteiger partial charge in [-0.25, -0.2) is 0 Å². The molecule has 10 heteroatoms. The SMILES string of the molecule is O=C(COc1ccc(C(F)(F)F)cc1[N+](=O)[O-])NCCO. The predicted octanol–water partition coefficient (Wildman–Crippen LogP) is 1.10. The van der Waals surface area contributed by atoms with Crippen molar-refractivity contribution in [1.29, 1.82) is 0 Å². The number of carbonyl (C=O) groups is 1. The highest BCUT2D eigenvalue weighted by Crippen LogP contribution is 2.35. The minimum Gasteiger partial charge on any atom is -0.477 e. The number of ether oxygens (including phenoxy) is 1. The van der Waals surface area contributed by atoms with Crippen LogP contribution in [-0.2, 0) is 11.0 Å². The molecule has 2 N–H and O–H groups in total. The lowest BCUT2D eigenvalue weighted by atomic mass is 10.2. The fourth-order valence-corrected chi connectivity index (χ4v) is 1.35. The number of hydrogen-bond donors (Lipinski definition) is 2. The minimum atomic E-state index is -4.72. The second-order valence-corrected chi connectivity index (χ2v) is 3.80. The number of halogens is 3. The molecule has 116 valence electrons. The van der Waals surface area contributed by atoms with Gasteiger partial charge in [-0.15, -0.1) is 0 Å². The smallest absolute Gasteiger partial charge is 0.416 e. The number of nitrogens with zero attached hydrogens (tertiary/aromatic N) is 1. The standard InChI is InChI=1S/C11H11F3N2O5/c12-11(13,14)7-1-2-9(8(5-7)16(19)20)21-6-10(18)15-3-4-17/h1-2,5,17H,3-4,6H2,(H,15,18). The van der Waals surface area contributed by atoms with Crippen molar-refractivity contribution in [2.75, 3.05) is 19.8 Å². The highest BCUT2D eigenvalue weighted by atomic mass is 19.4. The van der Waals surface area contributed by atoms with Crippen molar-refractivity contribution in [3.63, 3.8) is 0 Å². The molecule has 0 bridgehead atoms. The summed E-state index contributed by atoms with van der Waals surface area (Å²) in [6, 6.07) is 1.73. The van der Waals surface area contributed by atoms with Gasteiger partial charge in [-0.3, -0.25) is 14.9 Å². The van der Waals surface area contributed by atoms with Crippen LogP contribution in [0, 0.1) is 10.1 Å². The van der Waals surface area contributed by atoms with E-state index in [1.165, 1.54) is 0 Å². The molecule has 0 heterocycles. The number of nitro benzene ring substituents is 1. The maximum Gasteiger partial charge on any atom is 0.416 e. The summed E-state index contributed by atoms with van der Waals surface area (Å²) in [6.07, 6.45) is -4.72. The summed E-state index contributed by atoms with van der Waals surface area (Å²) in [4.78, 5) is 20.9. The Morgan fingerprint density at radius 2 is 2.10 bits per heavy atom. The molecular weight excluding hydrogens is 297 g/mol. The first-order chi connectivity index (χ1) is 9.75. The molecule has 21 heavy (non-hydrogen) atoms. The number of alkyl halides is 3. The summed E-state index contributed by atoms with van der Waals surface area (Å²) in [5, 5.41) is 21.4. The van der Waals surface area contributed by atoms with Gasteiger partial charge in [0.25, 0.3) is 5.91 Å². The Balaban J connectivity index is 2.87. The molecule has 1 aromatic rings. The first-order valence-electron chi connectivity index (χ1n) is 5.61. The average Bonchev–Trinajstić information content (AvgIpc) is 2.41. The lowest BCUT2D eigenvalue weighted by molar-refractivity contribution is -0.386. The molecule has 7 nitrogen and oxygen atoms in total. The zero-order chi connectivity index (χ0) is 16.0. The predicted molar refractivity (Wildman–Crippen MR) is 63.7 cm³/mol. The van der Waals surface area contributed by atoms with Crippen LogP contribution in [0.25, 0.3) is 0 Å². The molecule has 0 radical (unpaired) electrons. The molecule has 0 saturated heterocycles. The number of benzene rings is 1.